The number of rotatable bonds is 7. The van der Waals surface area contributed by atoms with Gasteiger partial charge in [0.1, 0.15) is 19.2 Å². The topological polar surface area (TPSA) is 120 Å². The molecule has 8 heteroatoms. The van der Waals surface area contributed by atoms with E-state index in [1.807, 2.05) is 42.5 Å². The highest BCUT2D eigenvalue weighted by atomic mass is 16.5. The summed E-state index contributed by atoms with van der Waals surface area (Å²) in [7, 11) is 0. The van der Waals surface area contributed by atoms with Crippen molar-refractivity contribution in [3.05, 3.63) is 59.7 Å². The monoisotopic (exact) mass is 504 g/mol. The highest BCUT2D eigenvalue weighted by Crippen LogP contribution is 2.44. The van der Waals surface area contributed by atoms with Crippen LogP contribution in [0.4, 0.5) is 4.79 Å². The summed E-state index contributed by atoms with van der Waals surface area (Å²) in [5.74, 6) is -0.126. The lowest BCUT2D eigenvalue weighted by atomic mass is 9.92. The second kappa shape index (κ2) is 13.4. The second-order valence-electron chi connectivity index (χ2n) is 10.0. The summed E-state index contributed by atoms with van der Waals surface area (Å²) in [6.07, 6.45) is 1.09. The van der Waals surface area contributed by atoms with E-state index in [1.54, 1.807) is 0 Å². The highest BCUT2D eigenvalue weighted by molar-refractivity contribution is 5.83. The Hall–Kier alpha value is -3.86. The molecule has 2 aliphatic rings. The van der Waals surface area contributed by atoms with Crippen molar-refractivity contribution in [3.8, 4) is 17.2 Å². The zero-order chi connectivity index (χ0) is 26.8. The number of nitrogens with one attached hydrogen (secondary N) is 3. The van der Waals surface area contributed by atoms with E-state index >= 15 is 0 Å². The van der Waals surface area contributed by atoms with Gasteiger partial charge in [-0.1, -0.05) is 69.3 Å². The molecule has 8 nitrogen and oxygen atoms in total. The maximum Gasteiger partial charge on any atom is 0.407 e. The van der Waals surface area contributed by atoms with Crippen molar-refractivity contribution >= 4 is 17.9 Å². The Balaban J connectivity index is 0.000000886. The van der Waals surface area contributed by atoms with Crippen LogP contribution in [0.1, 0.15) is 57.1 Å². The van der Waals surface area contributed by atoms with Gasteiger partial charge in [-0.25, -0.2) is 4.79 Å². The summed E-state index contributed by atoms with van der Waals surface area (Å²) in [4.78, 5) is 36.3. The first-order valence-electron chi connectivity index (χ1n) is 12.9. The molecule has 0 bridgehead atoms. The Morgan fingerprint density at radius 2 is 1.68 bits per heavy atom. The van der Waals surface area contributed by atoms with E-state index in [1.165, 1.54) is 0 Å². The Kier molecular flexibility index (Phi) is 10.1. The first kappa shape index (κ1) is 27.7. The van der Waals surface area contributed by atoms with Gasteiger partial charge in [-0.2, -0.15) is 5.26 Å². The summed E-state index contributed by atoms with van der Waals surface area (Å²) in [5.41, 5.74) is 4.48. The van der Waals surface area contributed by atoms with Gasteiger partial charge in [0.05, 0.1) is 6.07 Å². The fourth-order valence-electron chi connectivity index (χ4n) is 4.54. The van der Waals surface area contributed by atoms with E-state index in [2.05, 4.69) is 48.9 Å². The second-order valence-corrected chi connectivity index (χ2v) is 10.0. The van der Waals surface area contributed by atoms with E-state index in [0.29, 0.717) is 13.0 Å². The molecule has 2 aromatic rings. The first-order valence-corrected chi connectivity index (χ1v) is 12.9. The van der Waals surface area contributed by atoms with Crippen molar-refractivity contribution in [2.45, 2.75) is 52.0 Å². The third kappa shape index (κ3) is 7.81. The molecular formula is C29H36N4O4. The van der Waals surface area contributed by atoms with Crippen LogP contribution in [0.2, 0.25) is 0 Å². The lowest BCUT2D eigenvalue weighted by Crippen LogP contribution is -2.45. The molecule has 2 aromatic carbocycles. The molecule has 0 spiro atoms. The van der Waals surface area contributed by atoms with Crippen LogP contribution in [0.5, 0.6) is 0 Å². The minimum absolute atomic E-state index is 0.0680. The third-order valence-corrected chi connectivity index (χ3v) is 6.15. The van der Waals surface area contributed by atoms with Gasteiger partial charge in [-0.3, -0.25) is 9.59 Å². The third-order valence-electron chi connectivity index (χ3n) is 6.15. The van der Waals surface area contributed by atoms with Gasteiger partial charge >= 0.3 is 6.09 Å². The van der Waals surface area contributed by atoms with Crippen molar-refractivity contribution < 1.29 is 19.1 Å². The Morgan fingerprint density at radius 1 is 1.08 bits per heavy atom. The molecule has 0 saturated carbocycles. The Morgan fingerprint density at radius 3 is 2.24 bits per heavy atom. The van der Waals surface area contributed by atoms with Crippen molar-refractivity contribution in [1.29, 1.82) is 5.26 Å². The van der Waals surface area contributed by atoms with E-state index in [4.69, 9.17) is 4.74 Å². The molecule has 4 rings (SSSR count). The molecule has 1 heterocycles. The molecule has 37 heavy (non-hydrogen) atoms. The number of hydrogen-bond acceptors (Lipinski definition) is 5. The van der Waals surface area contributed by atoms with Crippen LogP contribution >= 0.6 is 0 Å². The lowest BCUT2D eigenvalue weighted by Gasteiger charge is -2.23. The highest BCUT2D eigenvalue weighted by Gasteiger charge is 2.29. The quantitative estimate of drug-likeness (QED) is 0.524. The predicted molar refractivity (Wildman–Crippen MR) is 141 cm³/mol. The van der Waals surface area contributed by atoms with Gasteiger partial charge in [0.25, 0.3) is 0 Å². The molecule has 1 aliphatic carbocycles. The number of carbonyl (C=O) groups excluding carboxylic acids is 3. The molecule has 3 N–H and O–H groups in total. The molecule has 2 atom stereocenters. The maximum absolute atomic E-state index is 12.2. The molecule has 1 aliphatic heterocycles. The fourth-order valence-corrected chi connectivity index (χ4v) is 4.54. The van der Waals surface area contributed by atoms with Gasteiger partial charge in [-0.15, -0.1) is 0 Å². The smallest absolute Gasteiger partial charge is 0.407 e. The average Bonchev–Trinajstić information content (AvgIpc) is 3.20. The van der Waals surface area contributed by atoms with Crippen LogP contribution in [0.3, 0.4) is 0 Å². The van der Waals surface area contributed by atoms with Gasteiger partial charge in [0.15, 0.2) is 0 Å². The summed E-state index contributed by atoms with van der Waals surface area (Å²) < 4.78 is 5.41. The number of amides is 3. The average molecular weight is 505 g/mol. The zero-order valence-corrected chi connectivity index (χ0v) is 21.8. The van der Waals surface area contributed by atoms with Crippen LogP contribution in [0.25, 0.3) is 11.1 Å². The number of fused-ring (bicyclic) bond motifs is 3. The van der Waals surface area contributed by atoms with Crippen LogP contribution in [0, 0.1) is 23.2 Å². The standard InChI is InChI=1S/C25H26N4O4.C4H10/c26-13-17(12-16-6-5-11-27-24(16)31)29-23(30)14-28-25(32)33-15-22-20-9-3-1-7-18(20)19-8-2-4-10-21(19)22;1-4(2)3/h1-4,7-10,16-17,22H,5-6,11-12,14-15H2,(H,27,31)(H,28,32)(H,29,30);4H,1-3H3/t16-,17?;/m0./s1. The van der Waals surface area contributed by atoms with Gasteiger partial charge < -0.3 is 20.7 Å². The number of ether oxygens (including phenoxy) is 1. The van der Waals surface area contributed by atoms with Crippen LogP contribution < -0.4 is 16.0 Å². The van der Waals surface area contributed by atoms with Crippen LogP contribution in [-0.2, 0) is 14.3 Å². The van der Waals surface area contributed by atoms with E-state index in [0.717, 1.165) is 34.6 Å². The SMILES string of the molecule is CC(C)C.N#CC(C[C@@H]1CCCNC1=O)NC(=O)CNC(=O)OCC1c2ccccc2-c2ccccc21. The van der Waals surface area contributed by atoms with Crippen LogP contribution in [0.15, 0.2) is 48.5 Å². The zero-order valence-electron chi connectivity index (χ0n) is 21.8. The molecule has 0 aromatic heterocycles. The molecule has 0 radical (unpaired) electrons. The summed E-state index contributed by atoms with van der Waals surface area (Å²) in [6.45, 7) is 6.98. The molecular weight excluding hydrogens is 468 g/mol. The molecule has 1 saturated heterocycles. The number of nitrogens with zero attached hydrogens (tertiary/aromatic N) is 1. The predicted octanol–water partition coefficient (Wildman–Crippen LogP) is 4.11. The van der Waals surface area contributed by atoms with Crippen molar-refractivity contribution in [2.24, 2.45) is 11.8 Å². The number of carbonyl (C=O) groups is 3. The largest absolute Gasteiger partial charge is 0.449 e. The fraction of sp³-hybridized carbons (Fsp3) is 0.448. The number of alkyl carbamates (subject to hydrolysis) is 1. The first-order chi connectivity index (χ1) is 17.8. The summed E-state index contributed by atoms with van der Waals surface area (Å²) in [5, 5.41) is 17.1. The maximum atomic E-state index is 12.2. The summed E-state index contributed by atoms with van der Waals surface area (Å²) in [6, 6.07) is 17.3. The normalized spacial score (nSPS) is 16.7. The van der Waals surface area contributed by atoms with Gasteiger partial charge in [0, 0.05) is 18.4 Å². The number of nitriles is 1. The Bertz CT molecular complexity index is 1090. The van der Waals surface area contributed by atoms with E-state index < -0.39 is 18.0 Å². The molecule has 1 fully saturated rings. The van der Waals surface area contributed by atoms with Gasteiger partial charge in [-0.05, 0) is 47.4 Å². The minimum atomic E-state index is -0.796. The molecule has 196 valence electrons. The minimum Gasteiger partial charge on any atom is -0.449 e. The molecule has 3 amide bonds. The van der Waals surface area contributed by atoms with Crippen molar-refractivity contribution in [3.63, 3.8) is 0 Å². The number of hydrogen-bond donors (Lipinski definition) is 3. The van der Waals surface area contributed by atoms with Crippen molar-refractivity contribution in [2.75, 3.05) is 19.7 Å². The van der Waals surface area contributed by atoms with Crippen LogP contribution in [-0.4, -0.2) is 43.6 Å². The summed E-state index contributed by atoms with van der Waals surface area (Å²) >= 11 is 0. The van der Waals surface area contributed by atoms with Gasteiger partial charge in [0.2, 0.25) is 11.8 Å². The van der Waals surface area contributed by atoms with Crippen molar-refractivity contribution in [1.82, 2.24) is 16.0 Å². The molecule has 1 unspecified atom stereocenters. The number of piperidine rings is 1. The Labute approximate surface area is 218 Å². The van der Waals surface area contributed by atoms with E-state index in [9.17, 15) is 19.6 Å². The van der Waals surface area contributed by atoms with E-state index in [-0.39, 0.29) is 37.3 Å². The lowest BCUT2D eigenvalue weighted by molar-refractivity contribution is -0.127. The number of benzene rings is 2.